The monoisotopic (exact) mass is 694 g/mol. The summed E-state index contributed by atoms with van der Waals surface area (Å²) in [6, 6.07) is 9.85. The van der Waals surface area contributed by atoms with Crippen molar-refractivity contribution in [1.29, 1.82) is 0 Å². The molecule has 0 saturated carbocycles. The number of hydrogen-bond acceptors (Lipinski definition) is 7. The minimum absolute atomic E-state index is 0.0175. The summed E-state index contributed by atoms with van der Waals surface area (Å²) in [4.78, 5) is 52.9. The van der Waals surface area contributed by atoms with E-state index in [9.17, 15) is 27.6 Å². The Morgan fingerprint density at radius 1 is 1.00 bits per heavy atom. The molecule has 3 heterocycles. The zero-order valence-electron chi connectivity index (χ0n) is 28.4. The minimum atomic E-state index is -1.03. The molecule has 2 aromatic carbocycles. The Morgan fingerprint density at radius 3 is 2.34 bits per heavy atom. The van der Waals surface area contributed by atoms with Crippen molar-refractivity contribution in [3.63, 3.8) is 0 Å². The predicted octanol–water partition coefficient (Wildman–Crippen LogP) is 4.45. The van der Waals surface area contributed by atoms with Gasteiger partial charge in [0.15, 0.2) is 5.82 Å². The molecule has 0 spiro atoms. The molecule has 1 fully saturated rings. The summed E-state index contributed by atoms with van der Waals surface area (Å²) in [6.45, 7) is 5.67. The third-order valence-corrected chi connectivity index (χ3v) is 9.04. The molecule has 5 atom stereocenters. The molecule has 2 aromatic heterocycles. The van der Waals surface area contributed by atoms with E-state index in [4.69, 9.17) is 9.47 Å². The Labute approximate surface area is 288 Å². The van der Waals surface area contributed by atoms with E-state index in [2.05, 4.69) is 15.3 Å². The molecule has 50 heavy (non-hydrogen) atoms. The number of rotatable bonds is 14. The normalized spacial score (nSPS) is 17.7. The standard InChI is InChI=1S/C36H41F3N6O5/c1-5-22(2)33(46)42-32(23(3)49-4)35(48)45-20-30(50-29-12-10-26(38)11-13-29)16-28(45)19-43(15-14-24-6-8-25(37)9-7-24)34(47)31-21-44-18-27(39)17-40-36(44)41-31/h6-13,17-18,21-23,28,30,32H,5,14-16,19-20H2,1-4H3,(H,42,46)/t22-,23-,28+,30+,32+/m1/s1. The molecule has 0 bridgehead atoms. The second-order valence-electron chi connectivity index (χ2n) is 12.5. The van der Waals surface area contributed by atoms with E-state index in [1.165, 1.54) is 54.1 Å². The molecule has 0 radical (unpaired) electrons. The van der Waals surface area contributed by atoms with Crippen molar-refractivity contribution in [1.82, 2.24) is 29.5 Å². The van der Waals surface area contributed by atoms with Crippen LogP contribution in [0.5, 0.6) is 5.75 Å². The summed E-state index contributed by atoms with van der Waals surface area (Å²) in [5.74, 6) is -2.41. The fourth-order valence-electron chi connectivity index (χ4n) is 5.85. The maximum Gasteiger partial charge on any atom is 0.274 e. The Kier molecular flexibility index (Phi) is 11.7. The Morgan fingerprint density at radius 2 is 1.68 bits per heavy atom. The highest BCUT2D eigenvalue weighted by molar-refractivity contribution is 5.93. The van der Waals surface area contributed by atoms with Gasteiger partial charge in [-0.2, -0.15) is 0 Å². The van der Waals surface area contributed by atoms with Crippen LogP contribution >= 0.6 is 0 Å². The van der Waals surface area contributed by atoms with Crippen LogP contribution in [0.4, 0.5) is 13.2 Å². The van der Waals surface area contributed by atoms with Crippen molar-refractivity contribution in [3.8, 4) is 5.75 Å². The van der Waals surface area contributed by atoms with Gasteiger partial charge in [0.2, 0.25) is 17.6 Å². The molecule has 1 N–H and O–H groups in total. The molecule has 0 unspecified atom stereocenters. The van der Waals surface area contributed by atoms with Gasteiger partial charge in [-0.05, 0) is 61.7 Å². The fourth-order valence-corrected chi connectivity index (χ4v) is 5.85. The van der Waals surface area contributed by atoms with Crippen molar-refractivity contribution >= 4 is 23.5 Å². The molecule has 14 heteroatoms. The number of likely N-dealkylation sites (tertiary alicyclic amines) is 1. The molecule has 266 valence electrons. The van der Waals surface area contributed by atoms with Gasteiger partial charge in [0.25, 0.3) is 5.91 Å². The van der Waals surface area contributed by atoms with Crippen LogP contribution < -0.4 is 10.1 Å². The average molecular weight is 695 g/mol. The first-order chi connectivity index (χ1) is 23.9. The molecule has 4 aromatic rings. The number of aromatic nitrogens is 3. The molecule has 11 nitrogen and oxygen atoms in total. The summed E-state index contributed by atoms with van der Waals surface area (Å²) >= 11 is 0. The van der Waals surface area contributed by atoms with E-state index in [1.807, 2.05) is 6.92 Å². The maximum absolute atomic E-state index is 14.4. The Bertz CT molecular complexity index is 1790. The van der Waals surface area contributed by atoms with Crippen LogP contribution in [0, 0.1) is 23.4 Å². The molecule has 3 amide bonds. The SMILES string of the molecule is CC[C@@H](C)C(=O)N[C@H](C(=O)N1C[C@@H](Oc2ccc(F)cc2)C[C@H]1CN(CCc1ccc(F)cc1)C(=O)c1cn2cc(F)cnc2n1)[C@@H](C)OC. The zero-order valence-corrected chi connectivity index (χ0v) is 28.4. The lowest BCUT2D eigenvalue weighted by Gasteiger charge is -2.34. The van der Waals surface area contributed by atoms with Crippen LogP contribution in [0.1, 0.15) is 49.7 Å². The summed E-state index contributed by atoms with van der Waals surface area (Å²) in [6.07, 6.45) is 3.57. The largest absolute Gasteiger partial charge is 0.489 e. The van der Waals surface area contributed by atoms with E-state index in [0.29, 0.717) is 25.0 Å². The summed E-state index contributed by atoms with van der Waals surface area (Å²) in [5, 5.41) is 2.86. The maximum atomic E-state index is 14.4. The quantitative estimate of drug-likeness (QED) is 0.207. The third kappa shape index (κ3) is 8.78. The Balaban J connectivity index is 1.46. The van der Waals surface area contributed by atoms with Crippen LogP contribution in [0.2, 0.25) is 0 Å². The van der Waals surface area contributed by atoms with E-state index in [-0.39, 0.29) is 42.9 Å². The van der Waals surface area contributed by atoms with Crippen LogP contribution in [0.25, 0.3) is 5.78 Å². The summed E-state index contributed by atoms with van der Waals surface area (Å²) in [5.41, 5.74) is 0.797. The van der Waals surface area contributed by atoms with E-state index in [1.54, 1.807) is 35.8 Å². The van der Waals surface area contributed by atoms with Gasteiger partial charge in [0.05, 0.1) is 24.9 Å². The van der Waals surface area contributed by atoms with Gasteiger partial charge in [-0.15, -0.1) is 0 Å². The van der Waals surface area contributed by atoms with Crippen molar-refractivity contribution in [2.75, 3.05) is 26.7 Å². The van der Waals surface area contributed by atoms with Crippen LogP contribution in [0.15, 0.2) is 67.1 Å². The average Bonchev–Trinajstić information content (AvgIpc) is 3.72. The van der Waals surface area contributed by atoms with Crippen LogP contribution in [0.3, 0.4) is 0 Å². The highest BCUT2D eigenvalue weighted by atomic mass is 19.1. The van der Waals surface area contributed by atoms with Crippen molar-refractivity contribution in [2.24, 2.45) is 5.92 Å². The van der Waals surface area contributed by atoms with Crippen molar-refractivity contribution < 1.29 is 37.0 Å². The molecule has 1 saturated heterocycles. The van der Waals surface area contributed by atoms with E-state index < -0.39 is 53.6 Å². The van der Waals surface area contributed by atoms with Gasteiger partial charge in [-0.1, -0.05) is 26.0 Å². The molecule has 1 aliphatic heterocycles. The van der Waals surface area contributed by atoms with Gasteiger partial charge in [-0.3, -0.25) is 18.8 Å². The van der Waals surface area contributed by atoms with E-state index >= 15 is 0 Å². The smallest absolute Gasteiger partial charge is 0.274 e. The number of benzene rings is 2. The lowest BCUT2D eigenvalue weighted by Crippen LogP contribution is -2.57. The van der Waals surface area contributed by atoms with Crippen molar-refractivity contribution in [3.05, 3.63) is 95.8 Å². The number of ether oxygens (including phenoxy) is 2. The number of carbonyl (C=O) groups excluding carboxylic acids is 3. The third-order valence-electron chi connectivity index (χ3n) is 9.04. The molecule has 0 aliphatic carbocycles. The van der Waals surface area contributed by atoms with Crippen LogP contribution in [-0.2, 0) is 20.7 Å². The first-order valence-electron chi connectivity index (χ1n) is 16.6. The minimum Gasteiger partial charge on any atom is -0.489 e. The second-order valence-corrected chi connectivity index (χ2v) is 12.5. The highest BCUT2D eigenvalue weighted by Crippen LogP contribution is 2.27. The lowest BCUT2D eigenvalue weighted by atomic mass is 10.1. The van der Waals surface area contributed by atoms with Gasteiger partial charge < -0.3 is 24.6 Å². The Hall–Kier alpha value is -4.98. The number of hydrogen-bond donors (Lipinski definition) is 1. The zero-order chi connectivity index (χ0) is 35.9. The number of amides is 3. The van der Waals surface area contributed by atoms with Gasteiger partial charge in [-0.25, -0.2) is 23.1 Å². The number of imidazole rings is 1. The first-order valence-corrected chi connectivity index (χ1v) is 16.6. The molecular formula is C36H41F3N6O5. The number of fused-ring (bicyclic) bond motifs is 1. The van der Waals surface area contributed by atoms with Gasteiger partial charge in [0.1, 0.15) is 35.2 Å². The van der Waals surface area contributed by atoms with Gasteiger partial charge in [0, 0.05) is 44.9 Å². The number of nitrogens with zero attached hydrogens (tertiary/aromatic N) is 5. The van der Waals surface area contributed by atoms with E-state index in [0.717, 1.165) is 18.0 Å². The number of carbonyl (C=O) groups is 3. The predicted molar refractivity (Wildman–Crippen MR) is 178 cm³/mol. The summed E-state index contributed by atoms with van der Waals surface area (Å²) < 4.78 is 54.2. The lowest BCUT2D eigenvalue weighted by molar-refractivity contribution is -0.142. The fraction of sp³-hybridized carbons (Fsp3) is 0.417. The number of halogens is 3. The highest BCUT2D eigenvalue weighted by Gasteiger charge is 2.42. The topological polar surface area (TPSA) is 118 Å². The van der Waals surface area contributed by atoms with Crippen molar-refractivity contribution in [2.45, 2.75) is 64.3 Å². The number of nitrogens with one attached hydrogen (secondary N) is 1. The first kappa shape index (κ1) is 36.3. The summed E-state index contributed by atoms with van der Waals surface area (Å²) in [7, 11) is 1.45. The second kappa shape index (κ2) is 16.2. The van der Waals surface area contributed by atoms with Crippen LogP contribution in [-0.4, -0.2) is 92.9 Å². The molecule has 1 aliphatic rings. The molecule has 5 rings (SSSR count). The van der Waals surface area contributed by atoms with Gasteiger partial charge >= 0.3 is 0 Å². The molecular weight excluding hydrogens is 653 g/mol. The number of methoxy groups -OCH3 is 1.